The van der Waals surface area contributed by atoms with Crippen molar-refractivity contribution >= 4 is 17.6 Å². The van der Waals surface area contributed by atoms with Gasteiger partial charge in [-0.1, -0.05) is 0 Å². The zero-order chi connectivity index (χ0) is 21.0. The van der Waals surface area contributed by atoms with Crippen molar-refractivity contribution in [1.29, 1.82) is 0 Å². The van der Waals surface area contributed by atoms with Crippen LogP contribution in [0.3, 0.4) is 0 Å². The normalized spacial score (nSPS) is 12.4. The molecule has 0 saturated heterocycles. The van der Waals surface area contributed by atoms with Gasteiger partial charge in [0.1, 0.15) is 11.4 Å². The first kappa shape index (κ1) is 22.1. The molecule has 0 bridgehead atoms. The standard InChI is InChI=1S/C15H13F6NO5/c1-25-10-5-7(14(16,17)18)4-8(15(19,20)21)12(10)22-9(13(24)27-3)6-11(23)26-2/h4-6,22H,1-3H3/b9-6+. The van der Waals surface area contributed by atoms with Crippen LogP contribution in [0.2, 0.25) is 0 Å². The molecule has 0 amide bonds. The van der Waals surface area contributed by atoms with E-state index in [1.54, 1.807) is 0 Å². The lowest BCUT2D eigenvalue weighted by molar-refractivity contribution is -0.143. The molecule has 0 aromatic heterocycles. The Kier molecular flexibility index (Phi) is 6.71. The fourth-order valence-electron chi connectivity index (χ4n) is 1.86. The molecule has 0 aliphatic heterocycles. The first-order valence-electron chi connectivity index (χ1n) is 6.86. The number of alkyl halides is 6. The van der Waals surface area contributed by atoms with E-state index in [2.05, 4.69) is 14.2 Å². The number of esters is 2. The molecule has 0 aliphatic rings. The zero-order valence-corrected chi connectivity index (χ0v) is 14.0. The molecule has 27 heavy (non-hydrogen) atoms. The van der Waals surface area contributed by atoms with E-state index in [1.807, 2.05) is 5.32 Å². The highest BCUT2D eigenvalue weighted by molar-refractivity contribution is 5.99. The second-order valence-electron chi connectivity index (χ2n) is 4.79. The molecule has 1 aromatic rings. The summed E-state index contributed by atoms with van der Waals surface area (Å²) in [7, 11) is 2.65. The van der Waals surface area contributed by atoms with Crippen LogP contribution in [0.1, 0.15) is 11.1 Å². The third-order valence-corrected chi connectivity index (χ3v) is 3.08. The van der Waals surface area contributed by atoms with Gasteiger partial charge < -0.3 is 19.5 Å². The number of ether oxygens (including phenoxy) is 3. The molecule has 1 N–H and O–H groups in total. The predicted molar refractivity (Wildman–Crippen MR) is 78.7 cm³/mol. The van der Waals surface area contributed by atoms with E-state index < -0.39 is 52.6 Å². The van der Waals surface area contributed by atoms with Gasteiger partial charge in [-0.15, -0.1) is 0 Å². The first-order valence-corrected chi connectivity index (χ1v) is 6.86. The molecule has 0 radical (unpaired) electrons. The quantitative estimate of drug-likeness (QED) is 0.463. The van der Waals surface area contributed by atoms with Crippen molar-refractivity contribution < 1.29 is 50.1 Å². The van der Waals surface area contributed by atoms with Gasteiger partial charge in [-0.2, -0.15) is 26.3 Å². The Labute approximate surface area is 148 Å². The largest absolute Gasteiger partial charge is 0.495 e. The van der Waals surface area contributed by atoms with Gasteiger partial charge in [0.05, 0.1) is 44.2 Å². The molecule has 0 spiro atoms. The van der Waals surface area contributed by atoms with Crippen LogP contribution in [-0.2, 0) is 31.4 Å². The van der Waals surface area contributed by atoms with Gasteiger partial charge in [-0.25, -0.2) is 9.59 Å². The second kappa shape index (κ2) is 8.18. The second-order valence-corrected chi connectivity index (χ2v) is 4.79. The molecule has 0 fully saturated rings. The molecule has 12 heteroatoms. The molecular weight excluding hydrogens is 388 g/mol. The molecule has 1 rings (SSSR count). The number of benzene rings is 1. The highest BCUT2D eigenvalue weighted by atomic mass is 19.4. The van der Waals surface area contributed by atoms with Gasteiger partial charge in [0.25, 0.3) is 0 Å². The number of hydrogen-bond donors (Lipinski definition) is 1. The van der Waals surface area contributed by atoms with E-state index in [1.165, 1.54) is 0 Å². The Morgan fingerprint density at radius 2 is 1.56 bits per heavy atom. The maximum atomic E-state index is 13.3. The first-order chi connectivity index (χ1) is 12.3. The van der Waals surface area contributed by atoms with Crippen LogP contribution < -0.4 is 10.1 Å². The molecule has 150 valence electrons. The molecule has 6 nitrogen and oxygen atoms in total. The third kappa shape index (κ3) is 5.53. The Balaban J connectivity index is 3.67. The summed E-state index contributed by atoms with van der Waals surface area (Å²) in [6.45, 7) is 0. The minimum atomic E-state index is -5.25. The smallest absolute Gasteiger partial charge is 0.418 e. The summed E-state index contributed by atoms with van der Waals surface area (Å²) in [5.41, 5.74) is -5.21. The monoisotopic (exact) mass is 401 g/mol. The number of carbonyl (C=O) groups excluding carboxylic acids is 2. The minimum Gasteiger partial charge on any atom is -0.495 e. The van der Waals surface area contributed by atoms with Gasteiger partial charge in [0.15, 0.2) is 0 Å². The maximum Gasteiger partial charge on any atom is 0.418 e. The highest BCUT2D eigenvalue weighted by Crippen LogP contribution is 2.44. The van der Waals surface area contributed by atoms with Crippen LogP contribution in [0.4, 0.5) is 32.0 Å². The van der Waals surface area contributed by atoms with Gasteiger partial charge in [-0.05, 0) is 12.1 Å². The topological polar surface area (TPSA) is 73.9 Å². The van der Waals surface area contributed by atoms with Crippen LogP contribution in [-0.4, -0.2) is 33.3 Å². The number of hydrogen-bond acceptors (Lipinski definition) is 6. The van der Waals surface area contributed by atoms with Crippen molar-refractivity contribution in [3.05, 3.63) is 35.0 Å². The molecule has 0 unspecified atom stereocenters. The third-order valence-electron chi connectivity index (χ3n) is 3.08. The number of rotatable bonds is 5. The minimum absolute atomic E-state index is 0.155. The summed E-state index contributed by atoms with van der Waals surface area (Å²) in [5.74, 6) is -3.25. The highest BCUT2D eigenvalue weighted by Gasteiger charge is 2.40. The molecule has 0 aliphatic carbocycles. The zero-order valence-electron chi connectivity index (χ0n) is 14.0. The number of anilines is 1. The lowest BCUT2D eigenvalue weighted by Gasteiger charge is -2.20. The molecule has 0 saturated carbocycles. The van der Waals surface area contributed by atoms with Crippen LogP contribution >= 0.6 is 0 Å². The van der Waals surface area contributed by atoms with Crippen molar-refractivity contribution in [2.24, 2.45) is 0 Å². The van der Waals surface area contributed by atoms with Gasteiger partial charge in [0.2, 0.25) is 0 Å². The van der Waals surface area contributed by atoms with E-state index in [-0.39, 0.29) is 6.07 Å². The SMILES string of the molecule is COC(=O)/C=C(/Nc1c(OC)cc(C(F)(F)F)cc1C(F)(F)F)C(=O)OC. The average molecular weight is 401 g/mol. The fraction of sp³-hybridized carbons (Fsp3) is 0.333. The Bertz CT molecular complexity index is 754. The van der Waals surface area contributed by atoms with Crippen molar-refractivity contribution in [2.75, 3.05) is 26.6 Å². The van der Waals surface area contributed by atoms with Crippen molar-refractivity contribution in [3.63, 3.8) is 0 Å². The van der Waals surface area contributed by atoms with Crippen LogP contribution in [0, 0.1) is 0 Å². The maximum absolute atomic E-state index is 13.3. The van der Waals surface area contributed by atoms with Gasteiger partial charge in [0, 0.05) is 0 Å². The molecule has 0 heterocycles. The van der Waals surface area contributed by atoms with Gasteiger partial charge in [-0.3, -0.25) is 0 Å². The molecular formula is C15H13F6NO5. The Morgan fingerprint density at radius 3 is 1.96 bits per heavy atom. The summed E-state index contributed by atoms with van der Waals surface area (Å²) >= 11 is 0. The molecule has 0 atom stereocenters. The van der Waals surface area contributed by atoms with E-state index in [0.717, 1.165) is 21.3 Å². The predicted octanol–water partition coefficient (Wildman–Crippen LogP) is 3.37. The number of halogens is 6. The summed E-state index contributed by atoms with van der Waals surface area (Å²) in [5, 5.41) is 1.94. The summed E-state index contributed by atoms with van der Waals surface area (Å²) < 4.78 is 91.7. The number of methoxy groups -OCH3 is 3. The number of carbonyl (C=O) groups is 2. The Hall–Kier alpha value is -2.92. The van der Waals surface area contributed by atoms with E-state index in [4.69, 9.17) is 0 Å². The summed E-state index contributed by atoms with van der Waals surface area (Å²) in [6.07, 6.45) is -9.86. The lowest BCUT2D eigenvalue weighted by atomic mass is 10.1. The summed E-state index contributed by atoms with van der Waals surface area (Å²) in [4.78, 5) is 23.0. The van der Waals surface area contributed by atoms with Crippen molar-refractivity contribution in [2.45, 2.75) is 12.4 Å². The number of nitrogens with one attached hydrogen (secondary N) is 1. The van der Waals surface area contributed by atoms with E-state index in [0.29, 0.717) is 12.1 Å². The molecule has 1 aromatic carbocycles. The van der Waals surface area contributed by atoms with Crippen molar-refractivity contribution in [1.82, 2.24) is 0 Å². The Morgan fingerprint density at radius 1 is 0.963 bits per heavy atom. The average Bonchev–Trinajstić information content (AvgIpc) is 2.58. The van der Waals surface area contributed by atoms with E-state index in [9.17, 15) is 35.9 Å². The van der Waals surface area contributed by atoms with Gasteiger partial charge >= 0.3 is 24.3 Å². The van der Waals surface area contributed by atoms with E-state index >= 15 is 0 Å². The lowest BCUT2D eigenvalue weighted by Crippen LogP contribution is -2.20. The van der Waals surface area contributed by atoms with Crippen LogP contribution in [0.5, 0.6) is 5.75 Å². The summed E-state index contributed by atoms with van der Waals surface area (Å²) in [6, 6.07) is 0.155. The van der Waals surface area contributed by atoms with Crippen LogP contribution in [0.25, 0.3) is 0 Å². The van der Waals surface area contributed by atoms with Crippen LogP contribution in [0.15, 0.2) is 23.9 Å². The fourth-order valence-corrected chi connectivity index (χ4v) is 1.86. The van der Waals surface area contributed by atoms with Crippen molar-refractivity contribution in [3.8, 4) is 5.75 Å².